The standard InChI is InChI=1S/C12H17N.2CHNO/c1-11-7-3-4-8-12(11)13-9-5-2-6-10-13;2*2-1-3/h3-4,7-8H,2,5-6,9-10H2,1H3;2*2H. The van der Waals surface area contributed by atoms with Crippen LogP contribution >= 0.6 is 0 Å². The first-order chi connectivity index (χ1) is 9.21. The smallest absolute Gasteiger partial charge is 0.231 e. The molecule has 2 rings (SSSR count). The summed E-state index contributed by atoms with van der Waals surface area (Å²) in [7, 11) is 0. The third kappa shape index (κ3) is 6.94. The molecular formula is C14H19N3O2. The lowest BCUT2D eigenvalue weighted by molar-refractivity contribution is 0.562. The zero-order chi connectivity index (χ0) is 14.5. The molecule has 19 heavy (non-hydrogen) atoms. The van der Waals surface area contributed by atoms with E-state index < -0.39 is 0 Å². The topological polar surface area (TPSA) is 85.1 Å². The van der Waals surface area contributed by atoms with Crippen molar-refractivity contribution in [1.29, 1.82) is 10.8 Å². The van der Waals surface area contributed by atoms with Crippen molar-refractivity contribution in [3.8, 4) is 0 Å². The van der Waals surface area contributed by atoms with Crippen molar-refractivity contribution in [2.45, 2.75) is 26.2 Å². The number of rotatable bonds is 1. The summed E-state index contributed by atoms with van der Waals surface area (Å²) in [5.41, 5.74) is 2.84. The van der Waals surface area contributed by atoms with Crippen LogP contribution in [0, 0.1) is 17.7 Å². The predicted molar refractivity (Wildman–Crippen MR) is 74.1 cm³/mol. The summed E-state index contributed by atoms with van der Waals surface area (Å²) in [4.78, 5) is 19.2. The van der Waals surface area contributed by atoms with E-state index in [1.54, 1.807) is 0 Å². The van der Waals surface area contributed by atoms with E-state index in [0.29, 0.717) is 0 Å². The number of hydrogen-bond donors (Lipinski definition) is 2. The van der Waals surface area contributed by atoms with Crippen molar-refractivity contribution in [2.24, 2.45) is 0 Å². The lowest BCUT2D eigenvalue weighted by atomic mass is 10.1. The minimum absolute atomic E-state index is 0.750. The molecule has 1 saturated heterocycles. The number of piperidine rings is 1. The molecule has 0 bridgehead atoms. The number of aryl methyl sites for hydroxylation is 1. The van der Waals surface area contributed by atoms with E-state index in [4.69, 9.17) is 20.4 Å². The Bertz CT molecular complexity index is 416. The summed E-state index contributed by atoms with van der Waals surface area (Å²) >= 11 is 0. The van der Waals surface area contributed by atoms with Crippen LogP contribution in [0.5, 0.6) is 0 Å². The van der Waals surface area contributed by atoms with Gasteiger partial charge in [-0.15, -0.1) is 0 Å². The number of nitrogens with one attached hydrogen (secondary N) is 2. The molecule has 1 fully saturated rings. The van der Waals surface area contributed by atoms with Crippen LogP contribution in [0.1, 0.15) is 24.8 Å². The van der Waals surface area contributed by atoms with Crippen LogP contribution < -0.4 is 4.90 Å². The Morgan fingerprint density at radius 1 is 1.00 bits per heavy atom. The van der Waals surface area contributed by atoms with Gasteiger partial charge in [0.2, 0.25) is 12.2 Å². The third-order valence-corrected chi connectivity index (χ3v) is 2.81. The summed E-state index contributed by atoms with van der Waals surface area (Å²) in [5.74, 6) is 0. The number of nitrogens with zero attached hydrogens (tertiary/aromatic N) is 1. The molecule has 0 amide bonds. The average Bonchev–Trinajstić information content (AvgIpc) is 2.42. The summed E-state index contributed by atoms with van der Waals surface area (Å²) in [6.07, 6.45) is 5.62. The molecule has 2 N–H and O–H groups in total. The first kappa shape index (κ1) is 16.8. The highest BCUT2D eigenvalue weighted by atomic mass is 16.1. The molecule has 0 unspecified atom stereocenters. The van der Waals surface area contributed by atoms with Gasteiger partial charge in [-0.1, -0.05) is 18.2 Å². The molecule has 1 heterocycles. The predicted octanol–water partition coefficient (Wildman–Crippen LogP) is 2.79. The second-order valence-corrected chi connectivity index (χ2v) is 4.04. The number of carbonyl (C=O) groups excluding carboxylic acids is 2. The molecule has 0 saturated carbocycles. The largest absolute Gasteiger partial charge is 0.371 e. The molecular weight excluding hydrogens is 242 g/mol. The highest BCUT2D eigenvalue weighted by Gasteiger charge is 2.11. The minimum atomic E-state index is 0.750. The Morgan fingerprint density at radius 3 is 1.95 bits per heavy atom. The van der Waals surface area contributed by atoms with E-state index in [1.165, 1.54) is 43.6 Å². The monoisotopic (exact) mass is 261 g/mol. The van der Waals surface area contributed by atoms with E-state index >= 15 is 0 Å². The van der Waals surface area contributed by atoms with Crippen LogP contribution in [0.15, 0.2) is 24.3 Å². The molecule has 1 aromatic rings. The zero-order valence-electron chi connectivity index (χ0n) is 11.1. The van der Waals surface area contributed by atoms with Crippen LogP contribution in [-0.2, 0) is 9.59 Å². The first-order valence-electron chi connectivity index (χ1n) is 6.09. The lowest BCUT2D eigenvalue weighted by Gasteiger charge is -2.30. The summed E-state index contributed by atoms with van der Waals surface area (Å²) < 4.78 is 0. The van der Waals surface area contributed by atoms with Crippen molar-refractivity contribution in [3.05, 3.63) is 29.8 Å². The van der Waals surface area contributed by atoms with Gasteiger partial charge >= 0.3 is 0 Å². The molecule has 1 aliphatic rings. The maximum absolute atomic E-state index is 8.35. The molecule has 0 spiro atoms. The highest BCUT2D eigenvalue weighted by Crippen LogP contribution is 2.22. The fraction of sp³-hybridized carbons (Fsp3) is 0.429. The summed E-state index contributed by atoms with van der Waals surface area (Å²) in [5, 5.41) is 10.8. The van der Waals surface area contributed by atoms with E-state index in [0.717, 1.165) is 12.2 Å². The zero-order valence-corrected chi connectivity index (χ0v) is 11.1. The number of benzene rings is 1. The van der Waals surface area contributed by atoms with E-state index in [1.807, 2.05) is 0 Å². The SMILES string of the molecule is Cc1ccccc1N1CCCCC1.N=C=O.N=C=O. The Kier molecular flexibility index (Phi) is 9.63. The minimum Gasteiger partial charge on any atom is -0.371 e. The molecule has 0 radical (unpaired) electrons. The summed E-state index contributed by atoms with van der Waals surface area (Å²) in [6, 6.07) is 8.68. The van der Waals surface area contributed by atoms with E-state index in [9.17, 15) is 0 Å². The van der Waals surface area contributed by atoms with Crippen LogP contribution in [0.2, 0.25) is 0 Å². The van der Waals surface area contributed by atoms with Crippen molar-refractivity contribution in [3.63, 3.8) is 0 Å². The fourth-order valence-electron chi connectivity index (χ4n) is 2.05. The molecule has 0 aromatic heterocycles. The van der Waals surface area contributed by atoms with Gasteiger partial charge < -0.3 is 4.90 Å². The first-order valence-corrected chi connectivity index (χ1v) is 6.09. The second-order valence-electron chi connectivity index (χ2n) is 4.04. The van der Waals surface area contributed by atoms with Gasteiger partial charge in [0.15, 0.2) is 0 Å². The van der Waals surface area contributed by atoms with Gasteiger partial charge in [-0.25, -0.2) is 20.4 Å². The Balaban J connectivity index is 0.000000465. The van der Waals surface area contributed by atoms with Gasteiger partial charge in [0.25, 0.3) is 0 Å². The maximum Gasteiger partial charge on any atom is 0.231 e. The number of hydrogen-bond acceptors (Lipinski definition) is 5. The van der Waals surface area contributed by atoms with Crippen molar-refractivity contribution in [2.75, 3.05) is 18.0 Å². The normalized spacial score (nSPS) is 12.8. The van der Waals surface area contributed by atoms with Crippen LogP contribution in [-0.4, -0.2) is 25.2 Å². The third-order valence-electron chi connectivity index (χ3n) is 2.81. The molecule has 1 aliphatic heterocycles. The number of isocyanates is 2. The van der Waals surface area contributed by atoms with Crippen LogP contribution in [0.3, 0.4) is 0 Å². The van der Waals surface area contributed by atoms with Gasteiger partial charge in [-0.2, -0.15) is 0 Å². The van der Waals surface area contributed by atoms with Gasteiger partial charge in [-0.05, 0) is 37.8 Å². The number of anilines is 1. The van der Waals surface area contributed by atoms with Gasteiger partial charge in [0, 0.05) is 18.8 Å². The van der Waals surface area contributed by atoms with Gasteiger partial charge in [0.05, 0.1) is 0 Å². The van der Waals surface area contributed by atoms with Gasteiger partial charge in [0.1, 0.15) is 0 Å². The maximum atomic E-state index is 8.35. The van der Waals surface area contributed by atoms with E-state index in [-0.39, 0.29) is 0 Å². The van der Waals surface area contributed by atoms with Crippen LogP contribution in [0.25, 0.3) is 0 Å². The van der Waals surface area contributed by atoms with Gasteiger partial charge in [-0.3, -0.25) is 0 Å². The summed E-state index contributed by atoms with van der Waals surface area (Å²) in [6.45, 7) is 4.68. The Morgan fingerprint density at radius 2 is 1.47 bits per heavy atom. The van der Waals surface area contributed by atoms with E-state index in [2.05, 4.69) is 36.1 Å². The molecule has 0 aliphatic carbocycles. The molecule has 0 atom stereocenters. The highest BCUT2D eigenvalue weighted by molar-refractivity contribution is 5.53. The second kappa shape index (κ2) is 10.9. The average molecular weight is 261 g/mol. The fourth-order valence-corrected chi connectivity index (χ4v) is 2.05. The van der Waals surface area contributed by atoms with Crippen molar-refractivity contribution >= 4 is 17.8 Å². The number of para-hydroxylation sites is 1. The molecule has 5 nitrogen and oxygen atoms in total. The molecule has 102 valence electrons. The lowest BCUT2D eigenvalue weighted by Crippen LogP contribution is -2.29. The molecule has 1 aromatic carbocycles. The van der Waals surface area contributed by atoms with Crippen molar-refractivity contribution < 1.29 is 9.59 Å². The Labute approximate surface area is 113 Å². The molecule has 5 heteroatoms. The Hall–Kier alpha value is -2.22. The quantitative estimate of drug-likeness (QED) is 0.602. The van der Waals surface area contributed by atoms with Crippen LogP contribution in [0.4, 0.5) is 5.69 Å². The van der Waals surface area contributed by atoms with Crippen molar-refractivity contribution in [1.82, 2.24) is 0 Å².